The summed E-state index contributed by atoms with van der Waals surface area (Å²) in [5.74, 6) is -2.49. The number of hydrogen-bond acceptors (Lipinski definition) is 4. The summed E-state index contributed by atoms with van der Waals surface area (Å²) in [4.78, 5) is 11.9. The van der Waals surface area contributed by atoms with E-state index in [2.05, 4.69) is 10.0 Å². The molecule has 0 radical (unpaired) electrons. The molecule has 0 fully saturated rings. The van der Waals surface area contributed by atoms with E-state index in [9.17, 15) is 26.4 Å². The van der Waals surface area contributed by atoms with Crippen LogP contribution in [0.1, 0.15) is 5.56 Å². The Morgan fingerprint density at radius 3 is 2.29 bits per heavy atom. The Morgan fingerprint density at radius 2 is 1.61 bits per heavy atom. The van der Waals surface area contributed by atoms with Crippen LogP contribution in [-0.2, 0) is 14.8 Å². The first-order valence-corrected chi connectivity index (χ1v) is 10.4. The van der Waals surface area contributed by atoms with Crippen molar-refractivity contribution in [3.05, 3.63) is 83.7 Å². The molecule has 0 saturated heterocycles. The van der Waals surface area contributed by atoms with Crippen LogP contribution in [0.3, 0.4) is 0 Å². The van der Waals surface area contributed by atoms with E-state index in [0.29, 0.717) is 5.56 Å². The van der Waals surface area contributed by atoms with E-state index >= 15 is 0 Å². The Kier molecular flexibility index (Phi) is 6.50. The molecule has 3 aromatic carbocycles. The van der Waals surface area contributed by atoms with Crippen LogP contribution in [0.5, 0.6) is 5.75 Å². The van der Waals surface area contributed by atoms with Crippen LogP contribution in [0.2, 0.25) is 0 Å². The first kappa shape index (κ1) is 22.2. The molecule has 6 nitrogen and oxygen atoms in total. The number of ether oxygens (including phenoxy) is 1. The molecule has 0 aromatic heterocycles. The van der Waals surface area contributed by atoms with Crippen molar-refractivity contribution < 1.29 is 31.1 Å². The fourth-order valence-corrected chi connectivity index (χ4v) is 3.75. The van der Waals surface area contributed by atoms with Gasteiger partial charge in [-0.2, -0.15) is 0 Å². The SMILES string of the molecule is Cc1cc(S(=O)(=O)Nc2ccc(F)cc2)ccc1OCC(=O)Nc1cc(F)ccc1F. The highest BCUT2D eigenvalue weighted by atomic mass is 32.2. The number of rotatable bonds is 7. The predicted molar refractivity (Wildman–Crippen MR) is 109 cm³/mol. The zero-order valence-electron chi connectivity index (χ0n) is 16.2. The Labute approximate surface area is 176 Å². The van der Waals surface area contributed by atoms with Gasteiger partial charge >= 0.3 is 0 Å². The maximum absolute atomic E-state index is 13.6. The molecule has 0 spiro atoms. The quantitative estimate of drug-likeness (QED) is 0.564. The summed E-state index contributed by atoms with van der Waals surface area (Å²) in [7, 11) is -3.93. The highest BCUT2D eigenvalue weighted by Gasteiger charge is 2.16. The summed E-state index contributed by atoms with van der Waals surface area (Å²) in [6, 6.07) is 11.5. The normalized spacial score (nSPS) is 11.1. The third kappa shape index (κ3) is 5.76. The highest BCUT2D eigenvalue weighted by molar-refractivity contribution is 7.92. The molecule has 0 aliphatic rings. The maximum atomic E-state index is 13.6. The second-order valence-corrected chi connectivity index (χ2v) is 8.18. The van der Waals surface area contributed by atoms with Gasteiger partial charge in [-0.05, 0) is 67.1 Å². The van der Waals surface area contributed by atoms with Crippen molar-refractivity contribution in [3.8, 4) is 5.75 Å². The van der Waals surface area contributed by atoms with Crippen molar-refractivity contribution in [3.63, 3.8) is 0 Å². The molecular formula is C21H17F3N2O4S. The third-order valence-corrected chi connectivity index (χ3v) is 5.49. The number of aryl methyl sites for hydroxylation is 1. The fourth-order valence-electron chi connectivity index (χ4n) is 2.61. The minimum Gasteiger partial charge on any atom is -0.483 e. The second-order valence-electron chi connectivity index (χ2n) is 6.50. The maximum Gasteiger partial charge on any atom is 0.262 e. The molecule has 2 N–H and O–H groups in total. The Morgan fingerprint density at radius 1 is 0.935 bits per heavy atom. The molecule has 31 heavy (non-hydrogen) atoms. The van der Waals surface area contributed by atoms with Gasteiger partial charge in [0, 0.05) is 11.8 Å². The van der Waals surface area contributed by atoms with Crippen LogP contribution in [0, 0.1) is 24.4 Å². The fraction of sp³-hybridized carbons (Fsp3) is 0.0952. The Bertz CT molecular complexity index is 1220. The van der Waals surface area contributed by atoms with E-state index in [1.807, 2.05) is 0 Å². The molecule has 162 valence electrons. The number of nitrogens with one attached hydrogen (secondary N) is 2. The van der Waals surface area contributed by atoms with Gasteiger partial charge < -0.3 is 10.1 Å². The van der Waals surface area contributed by atoms with Gasteiger partial charge in [-0.15, -0.1) is 0 Å². The van der Waals surface area contributed by atoms with E-state index in [-0.39, 0.29) is 22.0 Å². The van der Waals surface area contributed by atoms with Crippen molar-refractivity contribution in [2.24, 2.45) is 0 Å². The number of halogens is 3. The van der Waals surface area contributed by atoms with Gasteiger partial charge in [-0.25, -0.2) is 21.6 Å². The van der Waals surface area contributed by atoms with E-state index < -0.39 is 40.0 Å². The van der Waals surface area contributed by atoms with Crippen molar-refractivity contribution in [2.75, 3.05) is 16.6 Å². The van der Waals surface area contributed by atoms with Crippen molar-refractivity contribution in [1.82, 2.24) is 0 Å². The lowest BCUT2D eigenvalue weighted by Crippen LogP contribution is -2.21. The van der Waals surface area contributed by atoms with Crippen LogP contribution in [0.25, 0.3) is 0 Å². The smallest absolute Gasteiger partial charge is 0.262 e. The van der Waals surface area contributed by atoms with Crippen molar-refractivity contribution in [2.45, 2.75) is 11.8 Å². The third-order valence-electron chi connectivity index (χ3n) is 4.11. The lowest BCUT2D eigenvalue weighted by molar-refractivity contribution is -0.118. The molecule has 1 amide bonds. The lowest BCUT2D eigenvalue weighted by Gasteiger charge is -2.12. The topological polar surface area (TPSA) is 84.5 Å². The van der Waals surface area contributed by atoms with E-state index in [0.717, 1.165) is 30.3 Å². The van der Waals surface area contributed by atoms with Gasteiger partial charge in [0.2, 0.25) is 0 Å². The molecule has 0 bridgehead atoms. The number of anilines is 2. The zero-order valence-corrected chi connectivity index (χ0v) is 17.0. The van der Waals surface area contributed by atoms with Crippen LogP contribution in [0.15, 0.2) is 65.6 Å². The monoisotopic (exact) mass is 450 g/mol. The molecular weight excluding hydrogens is 433 g/mol. The number of carbonyl (C=O) groups excluding carboxylic acids is 1. The zero-order chi connectivity index (χ0) is 22.6. The highest BCUT2D eigenvalue weighted by Crippen LogP contribution is 2.24. The lowest BCUT2D eigenvalue weighted by atomic mass is 10.2. The average molecular weight is 450 g/mol. The molecule has 10 heteroatoms. The Balaban J connectivity index is 1.65. The van der Waals surface area contributed by atoms with Gasteiger partial charge in [0.1, 0.15) is 23.2 Å². The van der Waals surface area contributed by atoms with Gasteiger partial charge in [-0.1, -0.05) is 0 Å². The second kappa shape index (κ2) is 9.09. The molecule has 0 heterocycles. The first-order chi connectivity index (χ1) is 14.6. The molecule has 0 unspecified atom stereocenters. The van der Waals surface area contributed by atoms with Crippen molar-refractivity contribution in [1.29, 1.82) is 0 Å². The molecule has 0 aliphatic heterocycles. The number of amides is 1. The van der Waals surface area contributed by atoms with Crippen LogP contribution < -0.4 is 14.8 Å². The molecule has 3 rings (SSSR count). The molecule has 0 saturated carbocycles. The summed E-state index contributed by atoms with van der Waals surface area (Å²) in [5.41, 5.74) is 0.297. The van der Waals surface area contributed by atoms with E-state index in [4.69, 9.17) is 4.74 Å². The van der Waals surface area contributed by atoms with Crippen LogP contribution in [0.4, 0.5) is 24.5 Å². The standard InChI is InChI=1S/C21H17F3N2O4S/c1-13-10-17(31(28,29)26-16-5-2-14(22)3-6-16)7-9-20(13)30-12-21(27)25-19-11-15(23)4-8-18(19)24/h2-11,26H,12H2,1H3,(H,25,27). The minimum absolute atomic E-state index is 0.0621. The molecule has 0 aliphatic carbocycles. The largest absolute Gasteiger partial charge is 0.483 e. The van der Waals surface area contributed by atoms with Crippen LogP contribution >= 0.6 is 0 Å². The summed E-state index contributed by atoms with van der Waals surface area (Å²) < 4.78 is 72.4. The number of hydrogen-bond donors (Lipinski definition) is 2. The molecule has 3 aromatic rings. The number of sulfonamides is 1. The summed E-state index contributed by atoms with van der Waals surface area (Å²) in [5, 5.41) is 2.20. The van der Waals surface area contributed by atoms with Gasteiger partial charge in [0.25, 0.3) is 15.9 Å². The summed E-state index contributed by atoms with van der Waals surface area (Å²) >= 11 is 0. The predicted octanol–water partition coefficient (Wildman–Crippen LogP) is 4.23. The first-order valence-electron chi connectivity index (χ1n) is 8.91. The average Bonchev–Trinajstić information content (AvgIpc) is 2.71. The van der Waals surface area contributed by atoms with Gasteiger partial charge in [0.15, 0.2) is 6.61 Å². The van der Waals surface area contributed by atoms with Crippen molar-refractivity contribution >= 4 is 27.3 Å². The molecule has 0 atom stereocenters. The van der Waals surface area contributed by atoms with Gasteiger partial charge in [0.05, 0.1) is 10.6 Å². The van der Waals surface area contributed by atoms with Gasteiger partial charge in [-0.3, -0.25) is 9.52 Å². The van der Waals surface area contributed by atoms with Crippen LogP contribution in [-0.4, -0.2) is 20.9 Å². The van der Waals surface area contributed by atoms with E-state index in [1.54, 1.807) is 6.92 Å². The summed E-state index contributed by atoms with van der Waals surface area (Å²) in [6.45, 7) is 1.08. The van der Waals surface area contributed by atoms with E-state index in [1.165, 1.54) is 30.3 Å². The number of carbonyl (C=O) groups is 1. The summed E-state index contributed by atoms with van der Waals surface area (Å²) in [6.07, 6.45) is 0. The number of benzene rings is 3. The minimum atomic E-state index is -3.93. The Hall–Kier alpha value is -3.53.